The highest BCUT2D eigenvalue weighted by molar-refractivity contribution is 6.37. The normalized spacial score (nSPS) is 19.0. The largest absolute Gasteiger partial charge is 0.465 e. The predicted octanol–water partition coefficient (Wildman–Crippen LogP) is 2.36. The molecule has 3 unspecified atom stereocenters. The number of rotatable bonds is 11. The molecule has 1 fully saturated rings. The summed E-state index contributed by atoms with van der Waals surface area (Å²) >= 11 is 0. The summed E-state index contributed by atoms with van der Waals surface area (Å²) in [7, 11) is 0. The van der Waals surface area contributed by atoms with Crippen molar-refractivity contribution in [3.63, 3.8) is 0 Å². The third-order valence-electron chi connectivity index (χ3n) is 5.38. The zero-order valence-corrected chi connectivity index (χ0v) is 21.0. The first kappa shape index (κ1) is 28.7. The van der Waals surface area contributed by atoms with Gasteiger partial charge in [0.05, 0.1) is 31.6 Å². The Morgan fingerprint density at radius 2 is 1.79 bits per heavy atom. The standard InChI is InChI=1S/C24H40N2O7/c1-14(2)10-18(19(27)11-16-8-9-33-26-23(31)21(16)29)25-22(30)17(15(3)4)12-20(28)32-13-24(5,6)7/h14-18H,8-13H2,1-7H3,(H,25,30)(H,26,31). The number of esters is 1. The van der Waals surface area contributed by atoms with E-state index in [4.69, 9.17) is 9.57 Å². The van der Waals surface area contributed by atoms with Gasteiger partial charge in [-0.05, 0) is 30.1 Å². The number of hydrogen-bond donors (Lipinski definition) is 2. The minimum atomic E-state index is -0.872. The Morgan fingerprint density at radius 3 is 2.33 bits per heavy atom. The van der Waals surface area contributed by atoms with Gasteiger partial charge in [0.2, 0.25) is 11.7 Å². The molecule has 0 bridgehead atoms. The van der Waals surface area contributed by atoms with Crippen LogP contribution in [0, 0.1) is 29.1 Å². The lowest BCUT2D eigenvalue weighted by Gasteiger charge is -2.26. The van der Waals surface area contributed by atoms with Crippen LogP contribution in [0.25, 0.3) is 0 Å². The summed E-state index contributed by atoms with van der Waals surface area (Å²) < 4.78 is 5.32. The number of carbonyl (C=O) groups is 5. The van der Waals surface area contributed by atoms with Crippen LogP contribution in [-0.2, 0) is 33.5 Å². The smallest absolute Gasteiger partial charge is 0.311 e. The van der Waals surface area contributed by atoms with Gasteiger partial charge in [0.1, 0.15) is 0 Å². The highest BCUT2D eigenvalue weighted by atomic mass is 16.7. The number of ether oxygens (including phenoxy) is 1. The van der Waals surface area contributed by atoms with E-state index in [1.807, 2.05) is 53.9 Å². The maximum Gasteiger partial charge on any atom is 0.311 e. The van der Waals surface area contributed by atoms with E-state index in [0.29, 0.717) is 6.42 Å². The molecule has 9 heteroatoms. The van der Waals surface area contributed by atoms with E-state index in [0.717, 1.165) is 0 Å². The molecule has 2 amide bonds. The van der Waals surface area contributed by atoms with Crippen molar-refractivity contribution in [2.45, 2.75) is 80.2 Å². The SMILES string of the molecule is CC(C)CC(NC(=O)C(CC(=O)OCC(C)(C)C)C(C)C)C(=O)CC1CCONC(=O)C1=O. The second-order valence-corrected chi connectivity index (χ2v) is 10.8. The van der Waals surface area contributed by atoms with Crippen LogP contribution in [0.3, 0.4) is 0 Å². The zero-order chi connectivity index (χ0) is 25.3. The number of nitrogens with one attached hydrogen (secondary N) is 2. The molecule has 0 aromatic heterocycles. The summed E-state index contributed by atoms with van der Waals surface area (Å²) in [6, 6.07) is -0.815. The second-order valence-electron chi connectivity index (χ2n) is 10.8. The van der Waals surface area contributed by atoms with Gasteiger partial charge in [-0.15, -0.1) is 0 Å². The lowest BCUT2D eigenvalue weighted by Crippen LogP contribution is -2.47. The fourth-order valence-corrected chi connectivity index (χ4v) is 3.45. The summed E-state index contributed by atoms with van der Waals surface area (Å²) in [5, 5.41) is 2.80. The predicted molar refractivity (Wildman–Crippen MR) is 122 cm³/mol. The molecule has 1 heterocycles. The highest BCUT2D eigenvalue weighted by Gasteiger charge is 2.34. The Bertz CT molecular complexity index is 725. The van der Waals surface area contributed by atoms with Crippen molar-refractivity contribution >= 4 is 29.4 Å². The maximum atomic E-state index is 13.1. The van der Waals surface area contributed by atoms with Crippen LogP contribution in [0.5, 0.6) is 0 Å². The molecule has 1 aliphatic heterocycles. The van der Waals surface area contributed by atoms with Crippen LogP contribution >= 0.6 is 0 Å². The van der Waals surface area contributed by atoms with Crippen molar-refractivity contribution in [3.05, 3.63) is 0 Å². The van der Waals surface area contributed by atoms with E-state index >= 15 is 0 Å². The van der Waals surface area contributed by atoms with Crippen LogP contribution in [0.1, 0.15) is 74.1 Å². The Kier molecular flexibility index (Phi) is 11.2. The maximum absolute atomic E-state index is 13.1. The molecule has 1 saturated heterocycles. The van der Waals surface area contributed by atoms with Gasteiger partial charge >= 0.3 is 11.9 Å². The van der Waals surface area contributed by atoms with Crippen LogP contribution in [0.2, 0.25) is 0 Å². The van der Waals surface area contributed by atoms with Crippen molar-refractivity contribution in [2.75, 3.05) is 13.2 Å². The first-order valence-electron chi connectivity index (χ1n) is 11.7. The Morgan fingerprint density at radius 1 is 1.15 bits per heavy atom. The molecule has 0 aliphatic carbocycles. The lowest BCUT2D eigenvalue weighted by atomic mass is 9.87. The van der Waals surface area contributed by atoms with Crippen molar-refractivity contribution in [1.82, 2.24) is 10.8 Å². The summed E-state index contributed by atoms with van der Waals surface area (Å²) in [5.74, 6) is -4.23. The van der Waals surface area contributed by atoms with E-state index in [-0.39, 0.29) is 55.5 Å². The topological polar surface area (TPSA) is 128 Å². The van der Waals surface area contributed by atoms with Gasteiger partial charge in [-0.1, -0.05) is 48.5 Å². The van der Waals surface area contributed by atoms with Crippen LogP contribution in [0.15, 0.2) is 0 Å². The molecule has 1 rings (SSSR count). The van der Waals surface area contributed by atoms with Crippen LogP contribution in [0.4, 0.5) is 0 Å². The zero-order valence-electron chi connectivity index (χ0n) is 21.0. The average molecular weight is 469 g/mol. The van der Waals surface area contributed by atoms with Gasteiger partial charge in [0, 0.05) is 12.3 Å². The van der Waals surface area contributed by atoms with Crippen molar-refractivity contribution in [2.24, 2.45) is 29.1 Å². The molecule has 33 heavy (non-hydrogen) atoms. The highest BCUT2D eigenvalue weighted by Crippen LogP contribution is 2.21. The number of amides is 2. The number of hydrogen-bond acceptors (Lipinski definition) is 7. The third kappa shape index (κ3) is 10.5. The van der Waals surface area contributed by atoms with Gasteiger partial charge < -0.3 is 10.1 Å². The molecule has 0 aromatic rings. The Hall–Kier alpha value is -2.29. The lowest BCUT2D eigenvalue weighted by molar-refractivity contribution is -0.150. The van der Waals surface area contributed by atoms with E-state index in [1.165, 1.54) is 0 Å². The summed E-state index contributed by atoms with van der Waals surface area (Å²) in [4.78, 5) is 67.2. The molecule has 1 aliphatic rings. The van der Waals surface area contributed by atoms with Crippen LogP contribution in [-0.4, -0.2) is 48.6 Å². The quantitative estimate of drug-likeness (QED) is 0.352. The molecule has 0 spiro atoms. The van der Waals surface area contributed by atoms with Crippen molar-refractivity contribution in [3.8, 4) is 0 Å². The van der Waals surface area contributed by atoms with E-state index in [1.54, 1.807) is 0 Å². The molecule has 0 saturated carbocycles. The van der Waals surface area contributed by atoms with Crippen molar-refractivity contribution in [1.29, 1.82) is 0 Å². The Balaban J connectivity index is 2.87. The Labute approximate surface area is 196 Å². The van der Waals surface area contributed by atoms with Crippen molar-refractivity contribution < 1.29 is 33.5 Å². The van der Waals surface area contributed by atoms with E-state index < -0.39 is 41.4 Å². The minimum Gasteiger partial charge on any atom is -0.465 e. The molecule has 2 N–H and O–H groups in total. The first-order valence-corrected chi connectivity index (χ1v) is 11.7. The van der Waals surface area contributed by atoms with Gasteiger partial charge in [0.15, 0.2) is 5.78 Å². The summed E-state index contributed by atoms with van der Waals surface area (Å²) in [6.45, 7) is 13.7. The third-order valence-corrected chi connectivity index (χ3v) is 5.38. The number of carbonyl (C=O) groups excluding carboxylic acids is 5. The van der Waals surface area contributed by atoms with Gasteiger partial charge in [-0.3, -0.25) is 28.8 Å². The number of ketones is 2. The number of Topliss-reactive ketones (excluding diaryl/α,β-unsaturated/α-hetero) is 2. The van der Waals surface area contributed by atoms with E-state index in [2.05, 4.69) is 5.32 Å². The first-order chi connectivity index (χ1) is 15.2. The van der Waals surface area contributed by atoms with Gasteiger partial charge in [-0.25, -0.2) is 5.48 Å². The summed E-state index contributed by atoms with van der Waals surface area (Å²) in [5.41, 5.74) is 1.86. The fraction of sp³-hybridized carbons (Fsp3) is 0.792. The molecular weight excluding hydrogens is 428 g/mol. The van der Waals surface area contributed by atoms with Gasteiger partial charge in [-0.2, -0.15) is 0 Å². The monoisotopic (exact) mass is 468 g/mol. The van der Waals surface area contributed by atoms with Gasteiger partial charge in [0.25, 0.3) is 0 Å². The molecule has 3 atom stereocenters. The average Bonchev–Trinajstić information content (AvgIpc) is 2.84. The molecular formula is C24H40N2O7. The molecule has 188 valence electrons. The molecule has 0 radical (unpaired) electrons. The minimum absolute atomic E-state index is 0.0825. The second kappa shape index (κ2) is 12.8. The van der Waals surface area contributed by atoms with E-state index in [9.17, 15) is 24.0 Å². The fourth-order valence-electron chi connectivity index (χ4n) is 3.45. The molecule has 0 aromatic carbocycles. The van der Waals surface area contributed by atoms with Crippen LogP contribution < -0.4 is 10.8 Å². The summed E-state index contributed by atoms with van der Waals surface area (Å²) in [6.07, 6.45) is 0.376. The molecule has 9 nitrogen and oxygen atoms in total. The number of hydroxylamine groups is 1.